The Labute approximate surface area is 199 Å². The molecule has 2 atom stereocenters. The van der Waals surface area contributed by atoms with Crippen LogP contribution in [0, 0.1) is 0 Å². The summed E-state index contributed by atoms with van der Waals surface area (Å²) in [6, 6.07) is 32.1. The highest BCUT2D eigenvalue weighted by Gasteiger charge is 2.39. The molecule has 0 aromatic heterocycles. The number of hydrogen-bond donors (Lipinski definition) is 0. The fourth-order valence-electron chi connectivity index (χ4n) is 6.74. The summed E-state index contributed by atoms with van der Waals surface area (Å²) < 4.78 is 0. The molecule has 8 rings (SSSR count). The third-order valence-electron chi connectivity index (χ3n) is 8.27. The van der Waals surface area contributed by atoms with Gasteiger partial charge in [-0.1, -0.05) is 66.7 Å². The molecule has 0 saturated heterocycles. The van der Waals surface area contributed by atoms with Crippen molar-refractivity contribution < 1.29 is 0 Å². The fourth-order valence-corrected chi connectivity index (χ4v) is 6.74. The summed E-state index contributed by atoms with van der Waals surface area (Å²) in [5.74, 6) is 0. The smallest absolute Gasteiger partial charge is 0.0805 e. The van der Waals surface area contributed by atoms with E-state index in [1.807, 2.05) is 0 Å². The van der Waals surface area contributed by atoms with E-state index in [0.717, 1.165) is 0 Å². The first-order valence-corrected chi connectivity index (χ1v) is 12.1. The van der Waals surface area contributed by atoms with Crippen LogP contribution in [0.15, 0.2) is 84.9 Å². The first-order chi connectivity index (χ1) is 16.7. The molecule has 0 bridgehead atoms. The van der Waals surface area contributed by atoms with Gasteiger partial charge in [-0.2, -0.15) is 0 Å². The molecule has 0 radical (unpaired) electrons. The highest BCUT2D eigenvalue weighted by Crippen LogP contribution is 2.55. The van der Waals surface area contributed by atoms with Crippen LogP contribution in [0.3, 0.4) is 0 Å². The Morgan fingerprint density at radius 3 is 2.50 bits per heavy atom. The molecule has 2 unspecified atom stereocenters. The van der Waals surface area contributed by atoms with Gasteiger partial charge in [-0.15, -0.1) is 0 Å². The molecule has 0 saturated carbocycles. The van der Waals surface area contributed by atoms with E-state index in [1.54, 1.807) is 0 Å². The third kappa shape index (κ3) is 2.16. The van der Waals surface area contributed by atoms with Crippen LogP contribution >= 0.6 is 0 Å². The molecule has 2 heteroatoms. The molecule has 4 aromatic carbocycles. The van der Waals surface area contributed by atoms with Gasteiger partial charge < -0.3 is 9.80 Å². The van der Waals surface area contributed by atoms with E-state index >= 15 is 0 Å². The maximum Gasteiger partial charge on any atom is 0.0805 e. The SMILES string of the molecule is CN1c2ccc(-c3cccc4c3C3=Cc5ccccc5C3N4C)cc2C2=c3ccccc3=CC21. The Kier molecular flexibility index (Phi) is 3.41. The highest BCUT2D eigenvalue weighted by atomic mass is 15.2. The van der Waals surface area contributed by atoms with Gasteiger partial charge in [0.25, 0.3) is 0 Å². The van der Waals surface area contributed by atoms with Crippen molar-refractivity contribution in [3.05, 3.63) is 118 Å². The second-order valence-corrected chi connectivity index (χ2v) is 9.90. The van der Waals surface area contributed by atoms with Gasteiger partial charge >= 0.3 is 0 Å². The first kappa shape index (κ1) is 18.4. The van der Waals surface area contributed by atoms with Crippen molar-refractivity contribution in [2.45, 2.75) is 12.1 Å². The number of likely N-dealkylation sites (N-methyl/N-ethyl adjacent to an activating group) is 2. The lowest BCUT2D eigenvalue weighted by atomic mass is 9.91. The minimum Gasteiger partial charge on any atom is -0.363 e. The predicted molar refractivity (Wildman–Crippen MR) is 142 cm³/mol. The quantitative estimate of drug-likeness (QED) is 0.404. The van der Waals surface area contributed by atoms with Crippen molar-refractivity contribution in [3.63, 3.8) is 0 Å². The van der Waals surface area contributed by atoms with Gasteiger partial charge in [0.1, 0.15) is 0 Å². The fraction of sp³-hybridized carbons (Fsp3) is 0.125. The molecule has 4 aliphatic rings. The second kappa shape index (κ2) is 6.30. The molecule has 34 heavy (non-hydrogen) atoms. The van der Waals surface area contributed by atoms with Crippen LogP contribution in [0.5, 0.6) is 0 Å². The number of benzene rings is 4. The predicted octanol–water partition coefficient (Wildman–Crippen LogP) is 5.21. The zero-order valence-electron chi connectivity index (χ0n) is 19.3. The summed E-state index contributed by atoms with van der Waals surface area (Å²) in [4.78, 5) is 4.87. The van der Waals surface area contributed by atoms with Gasteiger partial charge in [0.2, 0.25) is 0 Å². The standard InChI is InChI=1S/C32H24N2/c1-33-27-15-14-21(16-25(27)30-22-10-5-3-9-20(22)18-29(30)33)23-12-7-13-28-31(23)26-17-19-8-4-6-11-24(19)32(26)34(28)2/h3-18,29,32H,1-2H3. The van der Waals surface area contributed by atoms with Gasteiger partial charge in [0, 0.05) is 36.6 Å². The van der Waals surface area contributed by atoms with Crippen molar-refractivity contribution in [1.82, 2.24) is 0 Å². The molecular formula is C32H24N2. The Balaban J connectivity index is 1.35. The largest absolute Gasteiger partial charge is 0.363 e. The molecule has 2 aliphatic carbocycles. The molecule has 0 N–H and O–H groups in total. The number of rotatable bonds is 1. The Morgan fingerprint density at radius 1 is 0.706 bits per heavy atom. The van der Waals surface area contributed by atoms with Crippen LogP contribution in [0.4, 0.5) is 11.4 Å². The van der Waals surface area contributed by atoms with Gasteiger partial charge in [-0.3, -0.25) is 0 Å². The van der Waals surface area contributed by atoms with Gasteiger partial charge in [0.15, 0.2) is 0 Å². The van der Waals surface area contributed by atoms with Crippen molar-refractivity contribution in [2.24, 2.45) is 0 Å². The summed E-state index contributed by atoms with van der Waals surface area (Å²) in [5.41, 5.74) is 13.7. The van der Waals surface area contributed by atoms with Gasteiger partial charge in [-0.05, 0) is 74.2 Å². The van der Waals surface area contributed by atoms with Crippen molar-refractivity contribution in [3.8, 4) is 11.1 Å². The van der Waals surface area contributed by atoms with Crippen molar-refractivity contribution in [2.75, 3.05) is 23.9 Å². The topological polar surface area (TPSA) is 6.48 Å². The minimum absolute atomic E-state index is 0.308. The van der Waals surface area contributed by atoms with Crippen molar-refractivity contribution >= 4 is 34.7 Å². The van der Waals surface area contributed by atoms with E-state index in [2.05, 4.69) is 121 Å². The molecule has 2 nitrogen and oxygen atoms in total. The number of nitrogens with zero attached hydrogens (tertiary/aromatic N) is 2. The maximum atomic E-state index is 2.45. The lowest BCUT2D eigenvalue weighted by Gasteiger charge is -2.22. The zero-order valence-corrected chi connectivity index (χ0v) is 19.3. The third-order valence-corrected chi connectivity index (χ3v) is 8.27. The molecule has 0 amide bonds. The average Bonchev–Trinajstić information content (AvgIpc) is 3.58. The molecule has 0 fully saturated rings. The van der Waals surface area contributed by atoms with Crippen LogP contribution < -0.4 is 20.2 Å². The van der Waals surface area contributed by atoms with E-state index in [9.17, 15) is 0 Å². The lowest BCUT2D eigenvalue weighted by Crippen LogP contribution is -2.24. The van der Waals surface area contributed by atoms with E-state index in [1.165, 1.54) is 66.3 Å². The van der Waals surface area contributed by atoms with Crippen LogP contribution in [-0.4, -0.2) is 20.1 Å². The average molecular weight is 437 g/mol. The summed E-state index contributed by atoms with van der Waals surface area (Å²) in [5, 5.41) is 2.73. The van der Waals surface area contributed by atoms with Gasteiger partial charge in [-0.25, -0.2) is 0 Å². The molecular weight excluding hydrogens is 412 g/mol. The lowest BCUT2D eigenvalue weighted by molar-refractivity contribution is 0.870. The molecule has 2 aliphatic heterocycles. The Hall–Kier alpha value is -4.04. The first-order valence-electron chi connectivity index (χ1n) is 12.1. The molecule has 4 aromatic rings. The van der Waals surface area contributed by atoms with Crippen LogP contribution in [0.1, 0.15) is 28.3 Å². The second-order valence-electron chi connectivity index (χ2n) is 9.90. The molecule has 0 spiro atoms. The van der Waals surface area contributed by atoms with Crippen molar-refractivity contribution in [1.29, 1.82) is 0 Å². The maximum absolute atomic E-state index is 2.45. The van der Waals surface area contributed by atoms with Crippen LogP contribution in [0.25, 0.3) is 34.4 Å². The van der Waals surface area contributed by atoms with Crippen LogP contribution in [0.2, 0.25) is 0 Å². The van der Waals surface area contributed by atoms with Gasteiger partial charge in [0.05, 0.1) is 12.1 Å². The summed E-state index contributed by atoms with van der Waals surface area (Å²) in [6.07, 6.45) is 4.81. The monoisotopic (exact) mass is 436 g/mol. The normalized spacial score (nSPS) is 20.3. The van der Waals surface area contributed by atoms with E-state index in [0.29, 0.717) is 12.1 Å². The molecule has 162 valence electrons. The summed E-state index contributed by atoms with van der Waals surface area (Å²) in [6.45, 7) is 0. The van der Waals surface area contributed by atoms with E-state index in [-0.39, 0.29) is 0 Å². The number of anilines is 2. The summed E-state index contributed by atoms with van der Waals surface area (Å²) >= 11 is 0. The van der Waals surface area contributed by atoms with E-state index in [4.69, 9.17) is 0 Å². The Morgan fingerprint density at radius 2 is 1.56 bits per heavy atom. The minimum atomic E-state index is 0.308. The number of fused-ring (bicyclic) bond motifs is 9. The van der Waals surface area contributed by atoms with Crippen LogP contribution in [-0.2, 0) is 0 Å². The number of hydrogen-bond acceptors (Lipinski definition) is 2. The molecule has 2 heterocycles. The Bertz CT molecular complexity index is 1710. The summed E-state index contributed by atoms with van der Waals surface area (Å²) in [7, 11) is 4.46. The zero-order chi connectivity index (χ0) is 22.6. The highest BCUT2D eigenvalue weighted by molar-refractivity contribution is 6.06. The van der Waals surface area contributed by atoms with E-state index < -0.39 is 0 Å².